The molecule has 1 N–H and O–H groups in total. The average Bonchev–Trinajstić information content (AvgIpc) is 2.83. The van der Waals surface area contributed by atoms with Crippen LogP contribution in [0.3, 0.4) is 0 Å². The lowest BCUT2D eigenvalue weighted by molar-refractivity contribution is -0.125. The number of phenolic OH excluding ortho intramolecular Hbond substituents is 1. The van der Waals surface area contributed by atoms with Crippen LogP contribution in [-0.2, 0) is 11.2 Å². The van der Waals surface area contributed by atoms with Crippen LogP contribution in [0, 0.1) is 30.1 Å². The maximum atomic E-state index is 12.1. The topological polar surface area (TPSA) is 37.3 Å². The summed E-state index contributed by atoms with van der Waals surface area (Å²) in [5, 5.41) is 10.6. The van der Waals surface area contributed by atoms with Crippen LogP contribution >= 0.6 is 0 Å². The van der Waals surface area contributed by atoms with Gasteiger partial charge >= 0.3 is 0 Å². The molecule has 5 atom stereocenters. The monoisotopic (exact) mass is 312 g/mol. The second-order valence-corrected chi connectivity index (χ2v) is 8.56. The van der Waals surface area contributed by atoms with Crippen LogP contribution in [0.5, 0.6) is 5.75 Å². The Morgan fingerprint density at radius 2 is 2.00 bits per heavy atom. The van der Waals surface area contributed by atoms with Crippen molar-refractivity contribution in [2.75, 3.05) is 0 Å². The van der Waals surface area contributed by atoms with Crippen molar-refractivity contribution < 1.29 is 9.90 Å². The highest BCUT2D eigenvalue weighted by Crippen LogP contribution is 2.63. The summed E-state index contributed by atoms with van der Waals surface area (Å²) in [6, 6.07) is 4.20. The molecule has 0 aliphatic heterocycles. The molecule has 124 valence electrons. The van der Waals surface area contributed by atoms with Crippen molar-refractivity contribution >= 4 is 5.78 Å². The highest BCUT2D eigenvalue weighted by molar-refractivity contribution is 5.79. The second kappa shape index (κ2) is 5.09. The first-order chi connectivity index (χ1) is 10.9. The normalized spacial score (nSPS) is 38.6. The number of carbonyl (C=O) groups excluding carboxylic acids is 1. The Morgan fingerprint density at radius 1 is 1.22 bits per heavy atom. The second-order valence-electron chi connectivity index (χ2n) is 8.56. The van der Waals surface area contributed by atoms with Gasteiger partial charge in [0.25, 0.3) is 0 Å². The van der Waals surface area contributed by atoms with Gasteiger partial charge in [0.1, 0.15) is 11.5 Å². The SMILES string of the molecule is CC(=O)[C@H]1CC[C@H]2[C@@H]3CCc4cc(C)cc(O)c4[C@H]3CC[C@]12C. The third kappa shape index (κ3) is 2.10. The van der Waals surface area contributed by atoms with E-state index < -0.39 is 0 Å². The van der Waals surface area contributed by atoms with Crippen LogP contribution in [0.2, 0.25) is 0 Å². The van der Waals surface area contributed by atoms with Crippen LogP contribution in [-0.4, -0.2) is 10.9 Å². The number of ketones is 1. The number of phenols is 1. The minimum absolute atomic E-state index is 0.199. The van der Waals surface area contributed by atoms with Gasteiger partial charge < -0.3 is 5.11 Å². The molecule has 23 heavy (non-hydrogen) atoms. The van der Waals surface area contributed by atoms with Crippen molar-refractivity contribution in [3.05, 3.63) is 28.8 Å². The number of aryl methyl sites for hydroxylation is 2. The fourth-order valence-electron chi connectivity index (χ4n) is 6.53. The first-order valence-electron chi connectivity index (χ1n) is 9.24. The number of aromatic hydroxyl groups is 1. The summed E-state index contributed by atoms with van der Waals surface area (Å²) < 4.78 is 0. The number of rotatable bonds is 1. The molecule has 4 rings (SSSR count). The lowest BCUT2D eigenvalue weighted by Crippen LogP contribution is -2.43. The zero-order valence-electron chi connectivity index (χ0n) is 14.6. The molecule has 0 heterocycles. The number of hydrogen-bond acceptors (Lipinski definition) is 2. The van der Waals surface area contributed by atoms with Gasteiger partial charge in [-0.2, -0.15) is 0 Å². The van der Waals surface area contributed by atoms with E-state index in [2.05, 4.69) is 19.9 Å². The van der Waals surface area contributed by atoms with E-state index in [-0.39, 0.29) is 11.3 Å². The summed E-state index contributed by atoms with van der Waals surface area (Å²) in [5.41, 5.74) is 3.97. The molecule has 3 aliphatic carbocycles. The van der Waals surface area contributed by atoms with Crippen LogP contribution in [0.1, 0.15) is 68.6 Å². The Balaban J connectivity index is 1.72. The Hall–Kier alpha value is -1.31. The van der Waals surface area contributed by atoms with Gasteiger partial charge in [-0.15, -0.1) is 0 Å². The average molecular weight is 312 g/mol. The fraction of sp³-hybridized carbons (Fsp3) is 0.667. The van der Waals surface area contributed by atoms with Crippen LogP contribution in [0.25, 0.3) is 0 Å². The van der Waals surface area contributed by atoms with Gasteiger partial charge in [0.2, 0.25) is 0 Å². The summed E-state index contributed by atoms with van der Waals surface area (Å²) in [6.45, 7) is 6.23. The Labute approximate surface area is 139 Å². The minimum Gasteiger partial charge on any atom is -0.508 e. The number of fused-ring (bicyclic) bond motifs is 5. The molecule has 3 aliphatic rings. The van der Waals surface area contributed by atoms with E-state index in [4.69, 9.17) is 0 Å². The van der Waals surface area contributed by atoms with E-state index in [0.29, 0.717) is 29.3 Å². The van der Waals surface area contributed by atoms with Crippen molar-refractivity contribution in [2.24, 2.45) is 23.2 Å². The number of Topliss-reactive ketones (excluding diaryl/α,β-unsaturated/α-hetero) is 1. The van der Waals surface area contributed by atoms with E-state index in [1.54, 1.807) is 6.92 Å². The van der Waals surface area contributed by atoms with E-state index >= 15 is 0 Å². The van der Waals surface area contributed by atoms with Gasteiger partial charge in [-0.05, 0) is 92.7 Å². The zero-order chi connectivity index (χ0) is 16.4. The predicted octanol–water partition coefficient (Wildman–Crippen LogP) is 4.76. The molecule has 1 aromatic carbocycles. The van der Waals surface area contributed by atoms with Gasteiger partial charge in [0, 0.05) is 11.5 Å². The molecule has 1 aromatic rings. The third-order valence-electron chi connectivity index (χ3n) is 7.43. The molecule has 0 radical (unpaired) electrons. The van der Waals surface area contributed by atoms with Crippen molar-refractivity contribution in [1.82, 2.24) is 0 Å². The molecule has 0 unspecified atom stereocenters. The number of benzene rings is 1. The number of carbonyl (C=O) groups is 1. The predicted molar refractivity (Wildman–Crippen MR) is 91.6 cm³/mol. The standard InChI is InChI=1S/C21H28O2/c1-12-10-14-4-5-15-16(20(14)19(23)11-12)8-9-21(3)17(13(2)22)6-7-18(15)21/h10-11,15-18,23H,4-9H2,1-3H3/t15-,16+,17-,18+,21-/m1/s1. The van der Waals surface area contributed by atoms with E-state index in [9.17, 15) is 9.90 Å². The maximum Gasteiger partial charge on any atom is 0.133 e. The molecular formula is C21H28O2. The molecule has 0 saturated heterocycles. The molecule has 0 aromatic heterocycles. The van der Waals surface area contributed by atoms with Gasteiger partial charge in [0.05, 0.1) is 0 Å². The van der Waals surface area contributed by atoms with Crippen LogP contribution in [0.4, 0.5) is 0 Å². The Kier molecular flexibility index (Phi) is 3.37. The highest BCUT2D eigenvalue weighted by Gasteiger charge is 2.56. The molecule has 2 fully saturated rings. The largest absolute Gasteiger partial charge is 0.508 e. The molecule has 2 heteroatoms. The number of hydrogen-bond donors (Lipinski definition) is 1. The Bertz CT molecular complexity index is 662. The van der Waals surface area contributed by atoms with E-state index in [1.165, 1.54) is 24.0 Å². The summed E-state index contributed by atoms with van der Waals surface area (Å²) in [6.07, 6.45) is 6.85. The summed E-state index contributed by atoms with van der Waals surface area (Å²) in [4.78, 5) is 12.1. The third-order valence-corrected chi connectivity index (χ3v) is 7.43. The van der Waals surface area contributed by atoms with Crippen molar-refractivity contribution in [3.63, 3.8) is 0 Å². The van der Waals surface area contributed by atoms with E-state index in [0.717, 1.165) is 31.2 Å². The molecule has 2 saturated carbocycles. The molecular weight excluding hydrogens is 284 g/mol. The van der Waals surface area contributed by atoms with E-state index in [1.807, 2.05) is 6.07 Å². The fourth-order valence-corrected chi connectivity index (χ4v) is 6.53. The lowest BCUT2D eigenvalue weighted by Gasteiger charge is -2.50. The smallest absolute Gasteiger partial charge is 0.133 e. The summed E-state index contributed by atoms with van der Waals surface area (Å²) in [5.74, 6) is 2.98. The molecule has 0 bridgehead atoms. The first kappa shape index (κ1) is 15.2. The molecule has 2 nitrogen and oxygen atoms in total. The Morgan fingerprint density at radius 3 is 2.74 bits per heavy atom. The molecule has 0 spiro atoms. The lowest BCUT2D eigenvalue weighted by atomic mass is 9.54. The van der Waals surface area contributed by atoms with Crippen LogP contribution < -0.4 is 0 Å². The molecule has 0 amide bonds. The first-order valence-corrected chi connectivity index (χ1v) is 9.24. The van der Waals surface area contributed by atoms with Crippen molar-refractivity contribution in [2.45, 2.75) is 65.2 Å². The summed E-state index contributed by atoms with van der Waals surface area (Å²) >= 11 is 0. The van der Waals surface area contributed by atoms with Gasteiger partial charge in [0.15, 0.2) is 0 Å². The van der Waals surface area contributed by atoms with Gasteiger partial charge in [-0.1, -0.05) is 13.0 Å². The minimum atomic E-state index is 0.199. The van der Waals surface area contributed by atoms with Gasteiger partial charge in [-0.25, -0.2) is 0 Å². The van der Waals surface area contributed by atoms with Crippen molar-refractivity contribution in [3.8, 4) is 5.75 Å². The highest BCUT2D eigenvalue weighted by atomic mass is 16.3. The van der Waals surface area contributed by atoms with Crippen LogP contribution in [0.15, 0.2) is 12.1 Å². The van der Waals surface area contributed by atoms with Crippen molar-refractivity contribution in [1.29, 1.82) is 0 Å². The zero-order valence-corrected chi connectivity index (χ0v) is 14.6. The summed E-state index contributed by atoms with van der Waals surface area (Å²) in [7, 11) is 0. The quantitative estimate of drug-likeness (QED) is 0.811. The maximum absolute atomic E-state index is 12.1. The van der Waals surface area contributed by atoms with Gasteiger partial charge in [-0.3, -0.25) is 4.79 Å².